The van der Waals surface area contributed by atoms with Crippen LogP contribution in [0.1, 0.15) is 37.7 Å². The van der Waals surface area contributed by atoms with E-state index in [9.17, 15) is 0 Å². The maximum Gasteiger partial charge on any atom is 0.139 e. The lowest BCUT2D eigenvalue weighted by Crippen LogP contribution is -2.37. The fraction of sp³-hybridized carbons (Fsp3) is 0.571. The van der Waals surface area contributed by atoms with Gasteiger partial charge < -0.3 is 10.5 Å². The van der Waals surface area contributed by atoms with Crippen molar-refractivity contribution < 1.29 is 4.74 Å². The summed E-state index contributed by atoms with van der Waals surface area (Å²) in [5.41, 5.74) is 7.06. The second-order valence-electron chi connectivity index (χ2n) is 5.01. The smallest absolute Gasteiger partial charge is 0.139 e. The molecular weight excluding hydrogens is 269 g/mol. The van der Waals surface area contributed by atoms with Crippen LogP contribution in [0.15, 0.2) is 12.1 Å². The molecule has 2 N–H and O–H groups in total. The molecular formula is C14H19Cl2NO. The van der Waals surface area contributed by atoms with Crippen molar-refractivity contribution in [2.45, 2.75) is 37.5 Å². The summed E-state index contributed by atoms with van der Waals surface area (Å²) in [5, 5.41) is 1.32. The molecule has 0 heterocycles. The van der Waals surface area contributed by atoms with Crippen LogP contribution in [-0.4, -0.2) is 13.7 Å². The number of rotatable bonds is 3. The summed E-state index contributed by atoms with van der Waals surface area (Å²) in [6.45, 7) is 0.607. The van der Waals surface area contributed by atoms with E-state index in [0.717, 1.165) is 18.4 Å². The fourth-order valence-corrected chi connectivity index (χ4v) is 3.51. The van der Waals surface area contributed by atoms with E-state index in [1.807, 2.05) is 6.07 Å². The Morgan fingerprint density at radius 2 is 1.89 bits per heavy atom. The molecule has 0 aliphatic heterocycles. The zero-order chi connectivity index (χ0) is 13.2. The Hall–Kier alpha value is -0.440. The Bertz CT molecular complexity index is 428. The molecule has 1 aliphatic carbocycles. The molecule has 2 nitrogen and oxygen atoms in total. The highest BCUT2D eigenvalue weighted by Gasteiger charge is 2.35. The van der Waals surface area contributed by atoms with Gasteiger partial charge in [-0.3, -0.25) is 0 Å². The van der Waals surface area contributed by atoms with E-state index in [4.69, 9.17) is 33.7 Å². The highest BCUT2D eigenvalue weighted by atomic mass is 35.5. The van der Waals surface area contributed by atoms with Crippen molar-refractivity contribution in [1.82, 2.24) is 0 Å². The number of hydrogen-bond acceptors (Lipinski definition) is 2. The first-order chi connectivity index (χ1) is 8.63. The minimum atomic E-state index is -0.0342. The van der Waals surface area contributed by atoms with E-state index < -0.39 is 0 Å². The Labute approximate surface area is 118 Å². The molecule has 0 radical (unpaired) electrons. The monoisotopic (exact) mass is 287 g/mol. The molecule has 1 aliphatic rings. The molecule has 100 valence electrons. The molecule has 0 aromatic heterocycles. The fourth-order valence-electron chi connectivity index (χ4n) is 2.91. The molecule has 0 unspecified atom stereocenters. The zero-order valence-electron chi connectivity index (χ0n) is 10.6. The Balaban J connectivity index is 2.50. The second-order valence-corrected chi connectivity index (χ2v) is 5.83. The Kier molecular flexibility index (Phi) is 4.41. The molecule has 2 rings (SSSR count). The van der Waals surface area contributed by atoms with Gasteiger partial charge in [0.25, 0.3) is 0 Å². The SMILES string of the molecule is COc1cc(Cl)cc(C2(CN)CCCCC2)c1Cl. The van der Waals surface area contributed by atoms with Gasteiger partial charge in [0.05, 0.1) is 12.1 Å². The summed E-state index contributed by atoms with van der Waals surface area (Å²) in [6, 6.07) is 3.70. The van der Waals surface area contributed by atoms with Gasteiger partial charge >= 0.3 is 0 Å². The van der Waals surface area contributed by atoms with E-state index in [-0.39, 0.29) is 5.41 Å². The van der Waals surface area contributed by atoms with Crippen LogP contribution in [0.25, 0.3) is 0 Å². The molecule has 0 atom stereocenters. The molecule has 0 saturated heterocycles. The molecule has 18 heavy (non-hydrogen) atoms. The molecule has 1 fully saturated rings. The topological polar surface area (TPSA) is 35.2 Å². The number of ether oxygens (including phenoxy) is 1. The van der Waals surface area contributed by atoms with Crippen molar-refractivity contribution in [1.29, 1.82) is 0 Å². The standard InChI is InChI=1S/C14H19Cl2NO/c1-18-12-8-10(15)7-11(13(12)16)14(9-17)5-3-2-4-6-14/h7-8H,2-6,9,17H2,1H3. The third-order valence-corrected chi connectivity index (χ3v) is 4.60. The summed E-state index contributed by atoms with van der Waals surface area (Å²) in [4.78, 5) is 0. The normalized spacial score (nSPS) is 18.7. The molecule has 0 spiro atoms. The van der Waals surface area contributed by atoms with Crippen LogP contribution >= 0.6 is 23.2 Å². The van der Waals surface area contributed by atoms with E-state index >= 15 is 0 Å². The largest absolute Gasteiger partial charge is 0.495 e. The average Bonchev–Trinajstić information content (AvgIpc) is 2.41. The molecule has 0 bridgehead atoms. The van der Waals surface area contributed by atoms with Gasteiger partial charge in [-0.1, -0.05) is 42.5 Å². The number of methoxy groups -OCH3 is 1. The van der Waals surface area contributed by atoms with Gasteiger partial charge in [0, 0.05) is 23.0 Å². The number of benzene rings is 1. The summed E-state index contributed by atoms with van der Waals surface area (Å²) in [7, 11) is 1.61. The van der Waals surface area contributed by atoms with Crippen LogP contribution in [0.5, 0.6) is 5.75 Å². The molecule has 1 aromatic carbocycles. The molecule has 0 amide bonds. The van der Waals surface area contributed by atoms with Gasteiger partial charge in [-0.05, 0) is 24.5 Å². The molecule has 1 aromatic rings. The minimum absolute atomic E-state index is 0.0342. The lowest BCUT2D eigenvalue weighted by atomic mass is 9.69. The summed E-state index contributed by atoms with van der Waals surface area (Å²) in [5.74, 6) is 0.637. The summed E-state index contributed by atoms with van der Waals surface area (Å²) < 4.78 is 5.29. The van der Waals surface area contributed by atoms with E-state index in [1.54, 1.807) is 13.2 Å². The highest BCUT2D eigenvalue weighted by molar-refractivity contribution is 6.35. The maximum absolute atomic E-state index is 6.44. The Morgan fingerprint density at radius 1 is 1.22 bits per heavy atom. The number of nitrogens with two attached hydrogens (primary N) is 1. The predicted octanol–water partition coefficient (Wildman–Crippen LogP) is 4.16. The van der Waals surface area contributed by atoms with E-state index in [0.29, 0.717) is 22.3 Å². The number of halogens is 2. The van der Waals surface area contributed by atoms with Gasteiger partial charge in [0.15, 0.2) is 0 Å². The predicted molar refractivity (Wildman–Crippen MR) is 76.8 cm³/mol. The van der Waals surface area contributed by atoms with Crippen LogP contribution in [-0.2, 0) is 5.41 Å². The quantitative estimate of drug-likeness (QED) is 0.906. The van der Waals surface area contributed by atoms with Gasteiger partial charge in [-0.15, -0.1) is 0 Å². The molecule has 4 heteroatoms. The first-order valence-electron chi connectivity index (χ1n) is 6.36. The minimum Gasteiger partial charge on any atom is -0.495 e. The van der Waals surface area contributed by atoms with Gasteiger partial charge in [0.2, 0.25) is 0 Å². The van der Waals surface area contributed by atoms with Crippen molar-refractivity contribution in [3.8, 4) is 5.75 Å². The Morgan fingerprint density at radius 3 is 2.44 bits per heavy atom. The summed E-state index contributed by atoms with van der Waals surface area (Å²) in [6.07, 6.45) is 5.82. The first-order valence-corrected chi connectivity index (χ1v) is 7.12. The average molecular weight is 288 g/mol. The third kappa shape index (κ3) is 2.47. The summed E-state index contributed by atoms with van der Waals surface area (Å²) >= 11 is 12.6. The van der Waals surface area contributed by atoms with Crippen LogP contribution in [0.2, 0.25) is 10.0 Å². The lowest BCUT2D eigenvalue weighted by molar-refractivity contribution is 0.299. The van der Waals surface area contributed by atoms with Crippen molar-refractivity contribution in [3.63, 3.8) is 0 Å². The van der Waals surface area contributed by atoms with E-state index in [2.05, 4.69) is 0 Å². The van der Waals surface area contributed by atoms with Gasteiger partial charge in [-0.25, -0.2) is 0 Å². The second kappa shape index (κ2) is 5.68. The van der Waals surface area contributed by atoms with Crippen LogP contribution in [0.3, 0.4) is 0 Å². The number of hydrogen-bond donors (Lipinski definition) is 1. The lowest BCUT2D eigenvalue weighted by Gasteiger charge is -2.37. The first kappa shape index (κ1) is 14.0. The molecule has 1 saturated carbocycles. The van der Waals surface area contributed by atoms with Crippen LogP contribution in [0.4, 0.5) is 0 Å². The highest BCUT2D eigenvalue weighted by Crippen LogP contribution is 2.45. The third-order valence-electron chi connectivity index (χ3n) is 4.00. The maximum atomic E-state index is 6.44. The van der Waals surface area contributed by atoms with Gasteiger partial charge in [-0.2, -0.15) is 0 Å². The van der Waals surface area contributed by atoms with Crippen molar-refractivity contribution >= 4 is 23.2 Å². The van der Waals surface area contributed by atoms with Gasteiger partial charge in [0.1, 0.15) is 5.75 Å². The van der Waals surface area contributed by atoms with Crippen LogP contribution in [0, 0.1) is 0 Å². The van der Waals surface area contributed by atoms with E-state index in [1.165, 1.54) is 19.3 Å². The van der Waals surface area contributed by atoms with Crippen LogP contribution < -0.4 is 10.5 Å². The zero-order valence-corrected chi connectivity index (χ0v) is 12.2. The van der Waals surface area contributed by atoms with Crippen molar-refractivity contribution in [2.24, 2.45) is 5.73 Å². The van der Waals surface area contributed by atoms with Crippen molar-refractivity contribution in [3.05, 3.63) is 27.7 Å². The van der Waals surface area contributed by atoms with Crippen molar-refractivity contribution in [2.75, 3.05) is 13.7 Å².